The van der Waals surface area contributed by atoms with Gasteiger partial charge in [0, 0.05) is 6.54 Å². The number of ether oxygens (including phenoxy) is 1. The number of carbonyl (C=O) groups excluding carboxylic acids is 2. The van der Waals surface area contributed by atoms with Crippen LogP contribution in [-0.4, -0.2) is 39.7 Å². The predicted molar refractivity (Wildman–Crippen MR) is 113 cm³/mol. The molecule has 2 aliphatic rings. The van der Waals surface area contributed by atoms with E-state index in [0.29, 0.717) is 30.1 Å². The highest BCUT2D eigenvalue weighted by molar-refractivity contribution is 7.92. The molecule has 2 aromatic rings. The number of sulfonamides is 1. The standard InChI is InChI=1S/C22H24N2O5S/c1-30(27,28)24-12-11-17-13-18(9-10-19(17)24)22(26)29-14-20(25)23-21(16-7-8-16)15-5-3-2-4-6-15/h2-6,9-10,13,16,21H,7-8,11-12,14H2,1H3,(H,23,25). The Hall–Kier alpha value is -2.87. The first kappa shape index (κ1) is 20.4. The average molecular weight is 429 g/mol. The Morgan fingerprint density at radius 2 is 1.90 bits per heavy atom. The molecule has 1 aliphatic carbocycles. The Morgan fingerprint density at radius 1 is 1.17 bits per heavy atom. The van der Waals surface area contributed by atoms with Crippen LogP contribution in [0.1, 0.15) is 40.4 Å². The zero-order valence-corrected chi connectivity index (χ0v) is 17.5. The van der Waals surface area contributed by atoms with Crippen molar-refractivity contribution in [1.29, 1.82) is 0 Å². The van der Waals surface area contributed by atoms with Crippen LogP contribution in [0.15, 0.2) is 48.5 Å². The second kappa shape index (κ2) is 8.10. The minimum absolute atomic E-state index is 0.0700. The van der Waals surface area contributed by atoms with Crippen LogP contribution in [0.2, 0.25) is 0 Å². The van der Waals surface area contributed by atoms with Gasteiger partial charge in [-0.1, -0.05) is 30.3 Å². The van der Waals surface area contributed by atoms with Crippen molar-refractivity contribution < 1.29 is 22.7 Å². The van der Waals surface area contributed by atoms with Crippen LogP contribution in [0.25, 0.3) is 0 Å². The monoisotopic (exact) mass is 428 g/mol. The van der Waals surface area contributed by atoms with E-state index < -0.39 is 16.0 Å². The summed E-state index contributed by atoms with van der Waals surface area (Å²) in [5.41, 5.74) is 2.71. The van der Waals surface area contributed by atoms with Crippen molar-refractivity contribution in [2.45, 2.75) is 25.3 Å². The molecular formula is C22H24N2O5S. The molecule has 0 radical (unpaired) electrons. The normalized spacial score (nSPS) is 16.6. The van der Waals surface area contributed by atoms with Crippen LogP contribution >= 0.6 is 0 Å². The number of benzene rings is 2. The van der Waals surface area contributed by atoms with Gasteiger partial charge < -0.3 is 10.1 Å². The van der Waals surface area contributed by atoms with Crippen molar-refractivity contribution in [3.8, 4) is 0 Å². The van der Waals surface area contributed by atoms with Gasteiger partial charge in [0.15, 0.2) is 6.61 Å². The van der Waals surface area contributed by atoms with E-state index in [9.17, 15) is 18.0 Å². The number of anilines is 1. The fourth-order valence-corrected chi connectivity index (χ4v) is 4.79. The lowest BCUT2D eigenvalue weighted by Gasteiger charge is -2.19. The zero-order chi connectivity index (χ0) is 21.3. The van der Waals surface area contributed by atoms with Crippen molar-refractivity contribution in [2.24, 2.45) is 5.92 Å². The lowest BCUT2D eigenvalue weighted by Crippen LogP contribution is -2.33. The molecule has 2 aromatic carbocycles. The minimum Gasteiger partial charge on any atom is -0.452 e. The maximum Gasteiger partial charge on any atom is 0.338 e. The third kappa shape index (κ3) is 4.48. The van der Waals surface area contributed by atoms with Gasteiger partial charge in [-0.05, 0) is 54.5 Å². The van der Waals surface area contributed by atoms with E-state index in [0.717, 1.165) is 30.2 Å². The number of rotatable bonds is 7. The molecule has 4 rings (SSSR count). The zero-order valence-electron chi connectivity index (χ0n) is 16.7. The lowest BCUT2D eigenvalue weighted by molar-refractivity contribution is -0.125. The van der Waals surface area contributed by atoms with Crippen molar-refractivity contribution in [2.75, 3.05) is 23.7 Å². The molecule has 0 spiro atoms. The number of hydrogen-bond donors (Lipinski definition) is 1. The Kier molecular flexibility index (Phi) is 5.51. The average Bonchev–Trinajstić information content (AvgIpc) is 3.47. The van der Waals surface area contributed by atoms with Gasteiger partial charge in [0.25, 0.3) is 5.91 Å². The summed E-state index contributed by atoms with van der Waals surface area (Å²) < 4.78 is 30.2. The number of fused-ring (bicyclic) bond motifs is 1. The molecule has 1 amide bonds. The number of carbonyl (C=O) groups is 2. The van der Waals surface area contributed by atoms with Crippen LogP contribution in [0.5, 0.6) is 0 Å². The van der Waals surface area contributed by atoms with Gasteiger partial charge in [-0.25, -0.2) is 13.2 Å². The predicted octanol–water partition coefficient (Wildman–Crippen LogP) is 2.43. The van der Waals surface area contributed by atoms with E-state index in [-0.39, 0.29) is 18.6 Å². The van der Waals surface area contributed by atoms with Gasteiger partial charge in [0.1, 0.15) is 0 Å². The van der Waals surface area contributed by atoms with Crippen molar-refractivity contribution in [3.05, 3.63) is 65.2 Å². The summed E-state index contributed by atoms with van der Waals surface area (Å²) in [5, 5.41) is 2.98. The first-order chi connectivity index (χ1) is 14.3. The fraction of sp³-hybridized carbons (Fsp3) is 0.364. The third-order valence-electron chi connectivity index (χ3n) is 5.47. The molecule has 8 heteroatoms. The molecule has 1 unspecified atom stereocenters. The maximum atomic E-state index is 12.4. The molecule has 0 bridgehead atoms. The summed E-state index contributed by atoms with van der Waals surface area (Å²) in [6, 6.07) is 14.5. The van der Waals surface area contributed by atoms with Gasteiger partial charge in [0.2, 0.25) is 10.0 Å². The largest absolute Gasteiger partial charge is 0.452 e. The van der Waals surface area contributed by atoms with Crippen LogP contribution in [0, 0.1) is 5.92 Å². The number of esters is 1. The maximum absolute atomic E-state index is 12.4. The highest BCUT2D eigenvalue weighted by Crippen LogP contribution is 2.40. The Balaban J connectivity index is 1.36. The molecule has 1 N–H and O–H groups in total. The molecule has 1 saturated carbocycles. The summed E-state index contributed by atoms with van der Waals surface area (Å²) in [6.45, 7) is -0.00144. The van der Waals surface area contributed by atoms with E-state index in [1.807, 2.05) is 30.3 Å². The SMILES string of the molecule is CS(=O)(=O)N1CCc2cc(C(=O)OCC(=O)NC(c3ccccc3)C3CC3)ccc21. The highest BCUT2D eigenvalue weighted by Gasteiger charge is 2.33. The highest BCUT2D eigenvalue weighted by atomic mass is 32.2. The molecule has 1 heterocycles. The van der Waals surface area contributed by atoms with Crippen LogP contribution < -0.4 is 9.62 Å². The van der Waals surface area contributed by atoms with Gasteiger partial charge in [-0.3, -0.25) is 9.10 Å². The molecular weight excluding hydrogens is 404 g/mol. The number of nitrogens with one attached hydrogen (secondary N) is 1. The van der Waals surface area contributed by atoms with E-state index in [1.54, 1.807) is 12.1 Å². The van der Waals surface area contributed by atoms with Crippen LogP contribution in [0.4, 0.5) is 5.69 Å². The Morgan fingerprint density at radius 3 is 2.57 bits per heavy atom. The van der Waals surface area contributed by atoms with Gasteiger partial charge in [-0.15, -0.1) is 0 Å². The summed E-state index contributed by atoms with van der Waals surface area (Å²) in [4.78, 5) is 24.8. The molecule has 7 nitrogen and oxygen atoms in total. The summed E-state index contributed by atoms with van der Waals surface area (Å²) in [6.07, 6.45) is 3.83. The van der Waals surface area contributed by atoms with Crippen LogP contribution in [-0.2, 0) is 26.0 Å². The van der Waals surface area contributed by atoms with E-state index >= 15 is 0 Å². The molecule has 0 saturated heterocycles. The van der Waals surface area contributed by atoms with Crippen LogP contribution in [0.3, 0.4) is 0 Å². The van der Waals surface area contributed by atoms with Gasteiger partial charge >= 0.3 is 5.97 Å². The number of amides is 1. The molecule has 1 fully saturated rings. The summed E-state index contributed by atoms with van der Waals surface area (Å²) >= 11 is 0. The molecule has 1 aliphatic heterocycles. The smallest absolute Gasteiger partial charge is 0.338 e. The quantitative estimate of drug-likeness (QED) is 0.684. The molecule has 30 heavy (non-hydrogen) atoms. The number of nitrogens with zero attached hydrogens (tertiary/aromatic N) is 1. The minimum atomic E-state index is -3.34. The summed E-state index contributed by atoms with van der Waals surface area (Å²) in [5.74, 6) is -0.525. The Bertz CT molecular complexity index is 1060. The Labute approximate surface area is 176 Å². The summed E-state index contributed by atoms with van der Waals surface area (Å²) in [7, 11) is -3.34. The molecule has 158 valence electrons. The van der Waals surface area contributed by atoms with Crippen molar-refractivity contribution in [1.82, 2.24) is 5.32 Å². The molecule has 0 aromatic heterocycles. The first-order valence-corrected chi connectivity index (χ1v) is 11.8. The first-order valence-electron chi connectivity index (χ1n) is 9.95. The lowest BCUT2D eigenvalue weighted by atomic mass is 10.0. The van der Waals surface area contributed by atoms with Crippen molar-refractivity contribution >= 4 is 27.6 Å². The van der Waals surface area contributed by atoms with Gasteiger partial charge in [-0.2, -0.15) is 0 Å². The third-order valence-corrected chi connectivity index (χ3v) is 6.65. The van der Waals surface area contributed by atoms with Crippen molar-refractivity contribution in [3.63, 3.8) is 0 Å². The molecule has 1 atom stereocenters. The number of hydrogen-bond acceptors (Lipinski definition) is 5. The fourth-order valence-electron chi connectivity index (χ4n) is 3.84. The van der Waals surface area contributed by atoms with E-state index in [1.165, 1.54) is 10.4 Å². The van der Waals surface area contributed by atoms with E-state index in [4.69, 9.17) is 4.74 Å². The van der Waals surface area contributed by atoms with E-state index in [2.05, 4.69) is 5.32 Å². The second-order valence-electron chi connectivity index (χ2n) is 7.80. The topological polar surface area (TPSA) is 92.8 Å². The second-order valence-corrected chi connectivity index (χ2v) is 9.70. The van der Waals surface area contributed by atoms with Gasteiger partial charge in [0.05, 0.1) is 23.5 Å².